The zero-order chi connectivity index (χ0) is 25.2. The maximum absolute atomic E-state index is 13.1. The van der Waals surface area contributed by atoms with E-state index in [0.29, 0.717) is 17.2 Å². The summed E-state index contributed by atoms with van der Waals surface area (Å²) in [7, 11) is 0. The second-order valence-corrected chi connectivity index (χ2v) is 8.04. The minimum Gasteiger partial charge on any atom is -0.339 e. The van der Waals surface area contributed by atoms with Gasteiger partial charge in [-0.1, -0.05) is 12.1 Å². The van der Waals surface area contributed by atoms with Gasteiger partial charge in [-0.3, -0.25) is 4.79 Å². The van der Waals surface area contributed by atoms with E-state index in [1.165, 1.54) is 18.5 Å². The van der Waals surface area contributed by atoms with E-state index in [1.807, 2.05) is 32.9 Å². The largest absolute Gasteiger partial charge is 0.416 e. The molecule has 6 nitrogen and oxygen atoms in total. The van der Waals surface area contributed by atoms with Crippen molar-refractivity contribution in [3.8, 4) is 11.3 Å². The van der Waals surface area contributed by atoms with E-state index in [4.69, 9.17) is 0 Å². The van der Waals surface area contributed by atoms with Gasteiger partial charge in [0.2, 0.25) is 0 Å². The van der Waals surface area contributed by atoms with Crippen LogP contribution in [-0.2, 0) is 6.18 Å². The van der Waals surface area contributed by atoms with Gasteiger partial charge in [0.1, 0.15) is 12.1 Å². The van der Waals surface area contributed by atoms with Crippen LogP contribution >= 0.6 is 0 Å². The summed E-state index contributed by atoms with van der Waals surface area (Å²) in [5.41, 5.74) is 4.16. The molecule has 0 saturated carbocycles. The molecule has 0 unspecified atom stereocenters. The molecule has 9 heteroatoms. The van der Waals surface area contributed by atoms with Gasteiger partial charge in [0, 0.05) is 34.9 Å². The fourth-order valence-electron chi connectivity index (χ4n) is 3.87. The Balaban J connectivity index is 1.68. The molecule has 0 atom stereocenters. The van der Waals surface area contributed by atoms with Gasteiger partial charge in [-0.25, -0.2) is 15.0 Å². The minimum absolute atomic E-state index is 0.0792. The average molecular weight is 477 g/mol. The molecule has 178 valence electrons. The lowest BCUT2D eigenvalue weighted by Crippen LogP contribution is -2.16. The van der Waals surface area contributed by atoms with Crippen molar-refractivity contribution in [2.75, 3.05) is 10.6 Å². The highest BCUT2D eigenvalue weighted by atomic mass is 19.4. The Bertz CT molecular complexity index is 1390. The molecule has 0 saturated heterocycles. The number of rotatable bonds is 5. The van der Waals surface area contributed by atoms with E-state index in [9.17, 15) is 18.0 Å². The molecule has 2 N–H and O–H groups in total. The molecular weight excluding hydrogens is 455 g/mol. The van der Waals surface area contributed by atoms with Gasteiger partial charge in [-0.05, 0) is 73.9 Å². The average Bonchev–Trinajstić information content (AvgIpc) is 2.84. The minimum atomic E-state index is -4.53. The number of alkyl halides is 3. The number of pyridine rings is 1. The third-order valence-electron chi connectivity index (χ3n) is 5.57. The number of halogens is 3. The normalized spacial score (nSPS) is 11.3. The van der Waals surface area contributed by atoms with Crippen molar-refractivity contribution in [3.63, 3.8) is 0 Å². The molecule has 1 amide bonds. The second kappa shape index (κ2) is 9.54. The summed E-state index contributed by atoms with van der Waals surface area (Å²) in [6.07, 6.45) is 0.216. The van der Waals surface area contributed by atoms with Gasteiger partial charge in [-0.15, -0.1) is 0 Å². The van der Waals surface area contributed by atoms with E-state index >= 15 is 0 Å². The molecule has 2 aromatic carbocycles. The molecule has 4 aromatic rings. The van der Waals surface area contributed by atoms with Gasteiger partial charge < -0.3 is 10.6 Å². The highest BCUT2D eigenvalue weighted by Gasteiger charge is 2.31. The number of carbonyl (C=O) groups is 1. The summed E-state index contributed by atoms with van der Waals surface area (Å²) in [6, 6.07) is 11.7. The lowest BCUT2D eigenvalue weighted by atomic mass is 10.0. The van der Waals surface area contributed by atoms with Crippen LogP contribution in [0.1, 0.15) is 32.6 Å². The maximum atomic E-state index is 13.1. The number of hydrogen-bond acceptors (Lipinski definition) is 5. The van der Waals surface area contributed by atoms with Crippen LogP contribution in [0.4, 0.5) is 30.4 Å². The molecule has 0 bridgehead atoms. The summed E-state index contributed by atoms with van der Waals surface area (Å²) in [4.78, 5) is 25.6. The molecule has 0 aliphatic rings. The molecule has 0 fully saturated rings. The van der Waals surface area contributed by atoms with Crippen LogP contribution in [0.15, 0.2) is 67.3 Å². The zero-order valence-electron chi connectivity index (χ0n) is 19.2. The van der Waals surface area contributed by atoms with E-state index in [1.54, 1.807) is 24.5 Å². The number of nitrogens with one attached hydrogen (secondary N) is 2. The molecule has 4 rings (SSSR count). The summed E-state index contributed by atoms with van der Waals surface area (Å²) in [5, 5.41) is 6.13. The van der Waals surface area contributed by atoms with Crippen molar-refractivity contribution in [1.29, 1.82) is 0 Å². The third-order valence-corrected chi connectivity index (χ3v) is 5.57. The van der Waals surface area contributed by atoms with Crippen LogP contribution in [0.25, 0.3) is 11.3 Å². The number of hydrogen-bond donors (Lipinski definition) is 2. The van der Waals surface area contributed by atoms with Gasteiger partial charge in [0.15, 0.2) is 0 Å². The fourth-order valence-corrected chi connectivity index (χ4v) is 3.87. The Morgan fingerprint density at radius 2 is 1.66 bits per heavy atom. The summed E-state index contributed by atoms with van der Waals surface area (Å²) in [6.45, 7) is 5.59. The first kappa shape index (κ1) is 23.9. The van der Waals surface area contributed by atoms with Crippen LogP contribution in [0, 0.1) is 20.8 Å². The van der Waals surface area contributed by atoms with Gasteiger partial charge in [-0.2, -0.15) is 13.2 Å². The molecule has 0 aliphatic carbocycles. The van der Waals surface area contributed by atoms with E-state index in [-0.39, 0.29) is 5.56 Å². The highest BCUT2D eigenvalue weighted by Crippen LogP contribution is 2.35. The first-order valence-electron chi connectivity index (χ1n) is 10.7. The predicted octanol–water partition coefficient (Wildman–Crippen LogP) is 6.48. The first-order valence-corrected chi connectivity index (χ1v) is 10.7. The van der Waals surface area contributed by atoms with Crippen molar-refractivity contribution >= 4 is 23.1 Å². The molecule has 0 radical (unpaired) electrons. The number of amides is 1. The first-order chi connectivity index (χ1) is 16.6. The molecule has 35 heavy (non-hydrogen) atoms. The number of nitrogens with zero attached hydrogens (tertiary/aromatic N) is 3. The Kier molecular flexibility index (Phi) is 6.50. The molecule has 0 aliphatic heterocycles. The Hall–Kier alpha value is -4.27. The highest BCUT2D eigenvalue weighted by molar-refractivity contribution is 6.05. The fraction of sp³-hybridized carbons (Fsp3) is 0.154. The van der Waals surface area contributed by atoms with Crippen LogP contribution in [0.5, 0.6) is 0 Å². The van der Waals surface area contributed by atoms with E-state index < -0.39 is 17.6 Å². The van der Waals surface area contributed by atoms with Crippen LogP contribution in [0.3, 0.4) is 0 Å². The summed E-state index contributed by atoms with van der Waals surface area (Å²) < 4.78 is 39.3. The number of aryl methyl sites for hydroxylation is 2. The van der Waals surface area contributed by atoms with Crippen LogP contribution in [0.2, 0.25) is 0 Å². The predicted molar refractivity (Wildman–Crippen MR) is 129 cm³/mol. The monoisotopic (exact) mass is 477 g/mol. The van der Waals surface area contributed by atoms with Crippen molar-refractivity contribution in [2.45, 2.75) is 26.9 Å². The van der Waals surface area contributed by atoms with Crippen molar-refractivity contribution in [1.82, 2.24) is 15.0 Å². The number of benzene rings is 2. The molecule has 2 heterocycles. The van der Waals surface area contributed by atoms with Gasteiger partial charge in [0.05, 0.1) is 11.3 Å². The van der Waals surface area contributed by atoms with Gasteiger partial charge >= 0.3 is 6.18 Å². The van der Waals surface area contributed by atoms with Gasteiger partial charge in [0.25, 0.3) is 5.91 Å². The molecule has 2 aromatic heterocycles. The zero-order valence-corrected chi connectivity index (χ0v) is 19.2. The van der Waals surface area contributed by atoms with Crippen LogP contribution in [-0.4, -0.2) is 20.9 Å². The summed E-state index contributed by atoms with van der Waals surface area (Å²) in [5.74, 6) is -0.0620. The second-order valence-electron chi connectivity index (χ2n) is 8.04. The number of carbonyl (C=O) groups excluding carboxylic acids is 1. The standard InChI is InChI=1S/C26H22F3N5O/c1-15-12-16(2)23(34-25(35)18-6-4-7-19(13-18)26(27,28)29)17(3)22(15)33-24-20(8-5-10-31-24)21-9-11-30-14-32-21/h4-14H,1-3H3,(H,31,33)(H,34,35). The Morgan fingerprint density at radius 1 is 0.886 bits per heavy atom. The number of anilines is 3. The molecular formula is C26H22F3N5O. The summed E-state index contributed by atoms with van der Waals surface area (Å²) >= 11 is 0. The SMILES string of the molecule is Cc1cc(C)c(Nc2ncccc2-c2ccncn2)c(C)c1NC(=O)c1cccc(C(F)(F)F)c1. The topological polar surface area (TPSA) is 79.8 Å². The lowest BCUT2D eigenvalue weighted by molar-refractivity contribution is -0.137. The van der Waals surface area contributed by atoms with Crippen molar-refractivity contribution in [2.24, 2.45) is 0 Å². The van der Waals surface area contributed by atoms with E-state index in [0.717, 1.165) is 40.1 Å². The third kappa shape index (κ3) is 5.13. The van der Waals surface area contributed by atoms with Crippen LogP contribution < -0.4 is 10.6 Å². The number of aromatic nitrogens is 3. The Morgan fingerprint density at radius 3 is 2.37 bits per heavy atom. The lowest BCUT2D eigenvalue weighted by Gasteiger charge is -2.20. The quantitative estimate of drug-likeness (QED) is 0.344. The maximum Gasteiger partial charge on any atom is 0.416 e. The smallest absolute Gasteiger partial charge is 0.339 e. The van der Waals surface area contributed by atoms with Crippen molar-refractivity contribution < 1.29 is 18.0 Å². The van der Waals surface area contributed by atoms with Crippen molar-refractivity contribution in [3.05, 3.63) is 95.1 Å². The van der Waals surface area contributed by atoms with E-state index in [2.05, 4.69) is 25.6 Å². The molecule has 0 spiro atoms. The Labute approximate surface area is 200 Å².